The van der Waals surface area contributed by atoms with Crippen molar-refractivity contribution in [3.63, 3.8) is 0 Å². The fourth-order valence-electron chi connectivity index (χ4n) is 4.23. The van der Waals surface area contributed by atoms with Crippen molar-refractivity contribution in [2.45, 2.75) is 19.9 Å². The molecule has 33 heavy (non-hydrogen) atoms. The van der Waals surface area contributed by atoms with Crippen LogP contribution in [-0.4, -0.2) is 50.6 Å². The molecule has 0 heterocycles. The highest BCUT2D eigenvalue weighted by atomic mass is 16.5. The van der Waals surface area contributed by atoms with Crippen molar-refractivity contribution in [3.05, 3.63) is 60.2 Å². The van der Waals surface area contributed by atoms with Crippen LogP contribution in [0.15, 0.2) is 54.6 Å². The number of carboxylic acid groups (broad SMARTS) is 3. The lowest BCUT2D eigenvalue weighted by molar-refractivity contribution is -0.189. The Morgan fingerprint density at radius 3 is 1.73 bits per heavy atom. The molecular weight excluding hydrogens is 430 g/mol. The average molecular weight is 455 g/mol. The smallest absolute Gasteiger partial charge is 0.308 e. The number of carboxylic acids is 3. The normalized spacial score (nSPS) is 21.5. The first-order chi connectivity index (χ1) is 15.7. The Labute approximate surface area is 190 Å². The maximum atomic E-state index is 13.2. The Morgan fingerprint density at radius 1 is 0.758 bits per heavy atom. The summed E-state index contributed by atoms with van der Waals surface area (Å²) in [5.41, 5.74) is 0.741. The molecule has 1 aliphatic carbocycles. The lowest BCUT2D eigenvalue weighted by Gasteiger charge is -2.45. The minimum atomic E-state index is -1.65. The Morgan fingerprint density at radius 2 is 1.24 bits per heavy atom. The number of nitrogens with zero attached hydrogens (tertiary/aromatic N) is 1. The zero-order valence-electron chi connectivity index (χ0n) is 18.0. The van der Waals surface area contributed by atoms with Crippen LogP contribution in [0.25, 0.3) is 0 Å². The van der Waals surface area contributed by atoms with Crippen molar-refractivity contribution < 1.29 is 39.2 Å². The van der Waals surface area contributed by atoms with E-state index in [-0.39, 0.29) is 13.1 Å². The fourth-order valence-corrected chi connectivity index (χ4v) is 4.23. The molecule has 9 heteroatoms. The summed E-state index contributed by atoms with van der Waals surface area (Å²) in [5.74, 6) is -10.2. The summed E-state index contributed by atoms with van der Waals surface area (Å²) in [6.45, 7) is 2.24. The molecule has 2 aromatic carbocycles. The Balaban J connectivity index is 1.77. The Bertz CT molecular complexity index is 999. The second kappa shape index (κ2) is 10.2. The maximum Gasteiger partial charge on any atom is 0.308 e. The first kappa shape index (κ1) is 23.8. The molecule has 0 aliphatic heterocycles. The molecule has 2 atom stereocenters. The molecule has 3 rings (SSSR count). The van der Waals surface area contributed by atoms with Crippen LogP contribution < -0.4 is 4.74 Å². The van der Waals surface area contributed by atoms with Gasteiger partial charge >= 0.3 is 17.9 Å². The Hall–Kier alpha value is -3.88. The molecule has 1 amide bonds. The predicted octanol–water partition coefficient (Wildman–Crippen LogP) is 2.95. The standard InChI is InChI=1S/C24H25NO8/c1-2-12-25(13-14-8-10-16(11-9-14)33-15-6-4-3-5-7-15)21(26)17-18(22(27)28)20(24(31)32)19(17)23(29)30/h3-11,17-20H,2,12-13H2,1H3,(H,27,28)(H,29,30)(H,31,32)/t17?,18-,19-,20?/m0/s1. The van der Waals surface area contributed by atoms with E-state index >= 15 is 0 Å². The number of hydrogen-bond acceptors (Lipinski definition) is 5. The second-order valence-electron chi connectivity index (χ2n) is 7.94. The van der Waals surface area contributed by atoms with Crippen molar-refractivity contribution in [2.24, 2.45) is 23.7 Å². The number of carbonyl (C=O) groups excluding carboxylic acids is 1. The second-order valence-corrected chi connectivity index (χ2v) is 7.94. The molecule has 0 aromatic heterocycles. The highest BCUT2D eigenvalue weighted by Gasteiger charge is 2.64. The SMILES string of the molecule is CCCN(Cc1ccc(Oc2ccccc2)cc1)C(=O)C1[C@H](C(=O)O)C(C(=O)O)[C@H]1C(=O)O. The van der Waals surface area contributed by atoms with Gasteiger partial charge in [-0.1, -0.05) is 37.3 Å². The molecule has 3 N–H and O–H groups in total. The average Bonchev–Trinajstić information content (AvgIpc) is 2.74. The van der Waals surface area contributed by atoms with Gasteiger partial charge in [0, 0.05) is 13.1 Å². The zero-order chi connectivity index (χ0) is 24.1. The highest BCUT2D eigenvalue weighted by molar-refractivity contribution is 5.98. The van der Waals surface area contributed by atoms with Crippen LogP contribution >= 0.6 is 0 Å². The number of hydrogen-bond donors (Lipinski definition) is 3. The molecule has 0 bridgehead atoms. The molecule has 174 valence electrons. The van der Waals surface area contributed by atoms with E-state index in [1.165, 1.54) is 4.90 Å². The third kappa shape index (κ3) is 5.14. The lowest BCUT2D eigenvalue weighted by Crippen LogP contribution is -2.62. The molecular formula is C24H25NO8. The van der Waals surface area contributed by atoms with Gasteiger partial charge in [0.1, 0.15) is 11.5 Å². The first-order valence-corrected chi connectivity index (χ1v) is 10.5. The molecule has 1 saturated carbocycles. The summed E-state index contributed by atoms with van der Waals surface area (Å²) in [4.78, 5) is 49.4. The number of ether oxygens (including phenoxy) is 1. The van der Waals surface area contributed by atoms with Crippen LogP contribution in [0.2, 0.25) is 0 Å². The molecule has 9 nitrogen and oxygen atoms in total. The first-order valence-electron chi connectivity index (χ1n) is 10.5. The third-order valence-electron chi connectivity index (χ3n) is 5.77. The van der Waals surface area contributed by atoms with Gasteiger partial charge < -0.3 is 25.0 Å². The van der Waals surface area contributed by atoms with E-state index in [9.17, 15) is 34.5 Å². The molecule has 0 radical (unpaired) electrons. The van der Waals surface area contributed by atoms with E-state index in [0.717, 1.165) is 5.56 Å². The van der Waals surface area contributed by atoms with Gasteiger partial charge in [-0.15, -0.1) is 0 Å². The van der Waals surface area contributed by atoms with Gasteiger partial charge in [-0.2, -0.15) is 0 Å². The van der Waals surface area contributed by atoms with Crippen LogP contribution in [-0.2, 0) is 25.7 Å². The fraction of sp³-hybridized carbons (Fsp3) is 0.333. The molecule has 2 aromatic rings. The van der Waals surface area contributed by atoms with Crippen molar-refractivity contribution in [3.8, 4) is 11.5 Å². The summed E-state index contributed by atoms with van der Waals surface area (Å²) >= 11 is 0. The van der Waals surface area contributed by atoms with Crippen LogP contribution in [0.1, 0.15) is 18.9 Å². The summed E-state index contributed by atoms with van der Waals surface area (Å²) in [5, 5.41) is 28.3. The zero-order valence-corrected chi connectivity index (χ0v) is 18.0. The number of benzene rings is 2. The van der Waals surface area contributed by atoms with Crippen molar-refractivity contribution in [1.82, 2.24) is 4.90 Å². The van der Waals surface area contributed by atoms with Crippen LogP contribution in [0.4, 0.5) is 0 Å². The van der Waals surface area contributed by atoms with Gasteiger partial charge in [0.15, 0.2) is 0 Å². The summed E-state index contributed by atoms with van der Waals surface area (Å²) in [7, 11) is 0. The van der Waals surface area contributed by atoms with Gasteiger partial charge in [0.2, 0.25) is 5.91 Å². The van der Waals surface area contributed by atoms with Crippen molar-refractivity contribution in [2.75, 3.05) is 6.54 Å². The number of aliphatic carboxylic acids is 3. The third-order valence-corrected chi connectivity index (χ3v) is 5.77. The van der Waals surface area contributed by atoms with Gasteiger partial charge in [-0.3, -0.25) is 19.2 Å². The largest absolute Gasteiger partial charge is 0.481 e. The van der Waals surface area contributed by atoms with E-state index in [1.807, 2.05) is 37.3 Å². The van der Waals surface area contributed by atoms with E-state index in [0.29, 0.717) is 17.9 Å². The number of rotatable bonds is 10. The van der Waals surface area contributed by atoms with E-state index < -0.39 is 47.5 Å². The van der Waals surface area contributed by atoms with Gasteiger partial charge in [0.25, 0.3) is 0 Å². The van der Waals surface area contributed by atoms with Crippen LogP contribution in [0, 0.1) is 23.7 Å². The van der Waals surface area contributed by atoms with Gasteiger partial charge in [-0.05, 0) is 36.2 Å². The van der Waals surface area contributed by atoms with Gasteiger partial charge in [-0.25, -0.2) is 0 Å². The lowest BCUT2D eigenvalue weighted by atomic mass is 9.56. The summed E-state index contributed by atoms with van der Waals surface area (Å²) in [6, 6.07) is 16.2. The molecule has 0 spiro atoms. The van der Waals surface area contributed by atoms with Crippen LogP contribution in [0.5, 0.6) is 11.5 Å². The predicted molar refractivity (Wildman–Crippen MR) is 116 cm³/mol. The monoisotopic (exact) mass is 455 g/mol. The van der Waals surface area contributed by atoms with E-state index in [2.05, 4.69) is 0 Å². The number of para-hydroxylation sites is 1. The van der Waals surface area contributed by atoms with Crippen LogP contribution in [0.3, 0.4) is 0 Å². The molecule has 0 saturated heterocycles. The topological polar surface area (TPSA) is 141 Å². The van der Waals surface area contributed by atoms with E-state index in [4.69, 9.17) is 4.74 Å². The quantitative estimate of drug-likeness (QED) is 0.496. The molecule has 0 unspecified atom stereocenters. The maximum absolute atomic E-state index is 13.2. The number of carbonyl (C=O) groups is 4. The Kier molecular flexibility index (Phi) is 7.32. The van der Waals surface area contributed by atoms with E-state index in [1.54, 1.807) is 24.3 Å². The van der Waals surface area contributed by atoms with Gasteiger partial charge in [0.05, 0.1) is 23.7 Å². The van der Waals surface area contributed by atoms with Crippen molar-refractivity contribution in [1.29, 1.82) is 0 Å². The molecule has 1 aliphatic rings. The summed E-state index contributed by atoms with van der Waals surface area (Å²) < 4.78 is 5.75. The molecule has 1 fully saturated rings. The highest BCUT2D eigenvalue weighted by Crippen LogP contribution is 2.48. The minimum absolute atomic E-state index is 0.130. The summed E-state index contributed by atoms with van der Waals surface area (Å²) in [6.07, 6.45) is 0.561. The van der Waals surface area contributed by atoms with Crippen molar-refractivity contribution >= 4 is 23.8 Å². The minimum Gasteiger partial charge on any atom is -0.481 e. The number of amides is 1.